The molecule has 106 valence electrons. The number of aliphatic hydroxyl groups is 2. The molecule has 0 fully saturated rings. The third kappa shape index (κ3) is 8.95. The lowest BCUT2D eigenvalue weighted by Gasteiger charge is -2.17. The zero-order valence-corrected chi connectivity index (χ0v) is 10.8. The van der Waals surface area contributed by atoms with Gasteiger partial charge in [0.1, 0.15) is 25.9 Å². The van der Waals surface area contributed by atoms with Crippen LogP contribution in [0.1, 0.15) is 39.0 Å². The molecule has 1 atom stereocenters. The van der Waals surface area contributed by atoms with Crippen molar-refractivity contribution < 1.29 is 29.3 Å². The van der Waals surface area contributed by atoms with Crippen LogP contribution >= 0.6 is 0 Å². The predicted molar refractivity (Wildman–Crippen MR) is 63.8 cm³/mol. The van der Waals surface area contributed by atoms with E-state index in [2.05, 4.69) is 6.92 Å². The lowest BCUT2D eigenvalue weighted by molar-refractivity contribution is -0.162. The van der Waals surface area contributed by atoms with Gasteiger partial charge in [-0.3, -0.25) is 0 Å². The molecule has 0 aliphatic carbocycles. The van der Waals surface area contributed by atoms with Crippen molar-refractivity contribution in [1.29, 1.82) is 0 Å². The van der Waals surface area contributed by atoms with Crippen molar-refractivity contribution >= 4 is 11.9 Å². The van der Waals surface area contributed by atoms with Gasteiger partial charge in [0.05, 0.1) is 0 Å². The largest absolute Gasteiger partial charge is 0.460 e. The summed E-state index contributed by atoms with van der Waals surface area (Å²) >= 11 is 0. The van der Waals surface area contributed by atoms with Gasteiger partial charge in [0.2, 0.25) is 0 Å². The van der Waals surface area contributed by atoms with E-state index in [0.717, 1.165) is 25.7 Å². The van der Waals surface area contributed by atoms with E-state index in [4.69, 9.17) is 19.7 Å². The first-order valence-electron chi connectivity index (χ1n) is 6.20. The fourth-order valence-corrected chi connectivity index (χ4v) is 1.43. The number of aliphatic hydroxyl groups excluding tert-OH is 2. The molecular formula is C12H22O6. The molecule has 6 nitrogen and oxygen atoms in total. The maximum absolute atomic E-state index is 11.0. The van der Waals surface area contributed by atoms with Gasteiger partial charge in [0, 0.05) is 0 Å². The molecule has 0 aromatic carbocycles. The normalized spacial score (nSPS) is 11.9. The van der Waals surface area contributed by atoms with E-state index in [1.54, 1.807) is 0 Å². The molecule has 18 heavy (non-hydrogen) atoms. The Morgan fingerprint density at radius 3 is 2.28 bits per heavy atom. The monoisotopic (exact) mass is 262 g/mol. The van der Waals surface area contributed by atoms with E-state index in [1.807, 2.05) is 0 Å². The number of carbonyl (C=O) groups excluding carboxylic acids is 2. The highest BCUT2D eigenvalue weighted by molar-refractivity contribution is 5.71. The van der Waals surface area contributed by atoms with Crippen LogP contribution in [0.2, 0.25) is 0 Å². The van der Waals surface area contributed by atoms with Gasteiger partial charge in [-0.1, -0.05) is 26.2 Å². The smallest absolute Gasteiger partial charge is 0.332 e. The maximum atomic E-state index is 11.0. The average Bonchev–Trinajstić information content (AvgIpc) is 2.39. The van der Waals surface area contributed by atoms with Crippen LogP contribution in [-0.4, -0.2) is 48.1 Å². The second kappa shape index (κ2) is 11.0. The van der Waals surface area contributed by atoms with Crippen molar-refractivity contribution in [2.24, 2.45) is 0 Å². The fourth-order valence-electron chi connectivity index (χ4n) is 1.43. The van der Waals surface area contributed by atoms with Gasteiger partial charge in [-0.15, -0.1) is 0 Å². The third-order valence-corrected chi connectivity index (χ3v) is 2.37. The maximum Gasteiger partial charge on any atom is 0.332 e. The minimum Gasteiger partial charge on any atom is -0.460 e. The minimum absolute atomic E-state index is 0.0861. The van der Waals surface area contributed by atoms with Crippen LogP contribution in [0.5, 0.6) is 0 Å². The number of hydrogen-bond acceptors (Lipinski definition) is 6. The van der Waals surface area contributed by atoms with Gasteiger partial charge < -0.3 is 19.7 Å². The van der Waals surface area contributed by atoms with Gasteiger partial charge in [0.15, 0.2) is 0 Å². The van der Waals surface area contributed by atoms with Gasteiger partial charge in [0.25, 0.3) is 0 Å². The molecule has 0 aliphatic rings. The van der Waals surface area contributed by atoms with E-state index in [0.29, 0.717) is 6.42 Å². The molecule has 0 aromatic rings. The Hall–Kier alpha value is -1.14. The van der Waals surface area contributed by atoms with Crippen molar-refractivity contribution in [2.45, 2.75) is 45.1 Å². The number of ether oxygens (including phenoxy) is 2. The molecule has 1 unspecified atom stereocenters. The quantitative estimate of drug-likeness (QED) is 0.437. The highest BCUT2D eigenvalue weighted by atomic mass is 16.6. The Labute approximate surface area is 107 Å². The minimum atomic E-state index is -0.756. The number of carbonyl (C=O) groups is 2. The zero-order valence-electron chi connectivity index (χ0n) is 10.8. The van der Waals surface area contributed by atoms with Crippen molar-refractivity contribution in [1.82, 2.24) is 0 Å². The SMILES string of the molecule is CCCCCCC(COC(=O)CO)OC(=O)CO. The van der Waals surface area contributed by atoms with Gasteiger partial charge in [-0.25, -0.2) is 9.59 Å². The number of hydrogen-bond donors (Lipinski definition) is 2. The highest BCUT2D eigenvalue weighted by Crippen LogP contribution is 2.09. The molecule has 6 heteroatoms. The van der Waals surface area contributed by atoms with E-state index in [-0.39, 0.29) is 6.61 Å². The zero-order chi connectivity index (χ0) is 13.8. The molecule has 0 bridgehead atoms. The predicted octanol–water partition coefficient (Wildman–Crippen LogP) is 0.396. The Kier molecular flexibility index (Phi) is 10.3. The van der Waals surface area contributed by atoms with Crippen molar-refractivity contribution in [3.05, 3.63) is 0 Å². The summed E-state index contributed by atoms with van der Waals surface area (Å²) in [5, 5.41) is 17.1. The topological polar surface area (TPSA) is 93.1 Å². The van der Waals surface area contributed by atoms with Crippen LogP contribution in [0.25, 0.3) is 0 Å². The highest BCUT2D eigenvalue weighted by Gasteiger charge is 2.15. The first kappa shape index (κ1) is 16.9. The van der Waals surface area contributed by atoms with Crippen molar-refractivity contribution in [3.63, 3.8) is 0 Å². The molecule has 0 rings (SSSR count). The van der Waals surface area contributed by atoms with Crippen LogP contribution in [0.15, 0.2) is 0 Å². The standard InChI is InChI=1S/C12H22O6/c1-2-3-4-5-6-10(18-12(16)8-14)9-17-11(15)7-13/h10,13-14H,2-9H2,1H3. The Bertz CT molecular complexity index is 241. The first-order chi connectivity index (χ1) is 8.63. The molecule has 0 spiro atoms. The lowest BCUT2D eigenvalue weighted by atomic mass is 10.1. The van der Waals surface area contributed by atoms with Gasteiger partial charge in [-0.2, -0.15) is 0 Å². The van der Waals surface area contributed by atoms with Crippen LogP contribution in [-0.2, 0) is 19.1 Å². The van der Waals surface area contributed by atoms with Crippen LogP contribution in [0.3, 0.4) is 0 Å². The van der Waals surface area contributed by atoms with E-state index < -0.39 is 31.3 Å². The molecule has 0 amide bonds. The van der Waals surface area contributed by atoms with Gasteiger partial charge >= 0.3 is 11.9 Å². The number of esters is 2. The van der Waals surface area contributed by atoms with Crippen molar-refractivity contribution in [2.75, 3.05) is 19.8 Å². The molecule has 0 aliphatic heterocycles. The number of unbranched alkanes of at least 4 members (excludes halogenated alkanes) is 3. The molecule has 0 heterocycles. The van der Waals surface area contributed by atoms with Crippen LogP contribution < -0.4 is 0 Å². The Balaban J connectivity index is 3.99. The summed E-state index contributed by atoms with van der Waals surface area (Å²) in [5.74, 6) is -1.50. The molecule has 0 saturated carbocycles. The summed E-state index contributed by atoms with van der Waals surface area (Å²) in [6.07, 6.45) is 4.07. The summed E-state index contributed by atoms with van der Waals surface area (Å²) in [5.41, 5.74) is 0. The molecule has 2 N–H and O–H groups in total. The summed E-state index contributed by atoms with van der Waals surface area (Å²) in [7, 11) is 0. The number of rotatable bonds is 10. The van der Waals surface area contributed by atoms with E-state index in [9.17, 15) is 9.59 Å². The molecule has 0 radical (unpaired) electrons. The van der Waals surface area contributed by atoms with Crippen molar-refractivity contribution in [3.8, 4) is 0 Å². The average molecular weight is 262 g/mol. The summed E-state index contributed by atoms with van der Waals surface area (Å²) in [6.45, 7) is 0.611. The summed E-state index contributed by atoms with van der Waals surface area (Å²) in [6, 6.07) is 0. The molecular weight excluding hydrogens is 240 g/mol. The Morgan fingerprint density at radius 2 is 1.72 bits per heavy atom. The second-order valence-corrected chi connectivity index (χ2v) is 3.96. The molecule has 0 saturated heterocycles. The van der Waals surface area contributed by atoms with Crippen LogP contribution in [0.4, 0.5) is 0 Å². The Morgan fingerprint density at radius 1 is 1.06 bits per heavy atom. The second-order valence-electron chi connectivity index (χ2n) is 3.96. The first-order valence-corrected chi connectivity index (χ1v) is 6.20. The third-order valence-electron chi connectivity index (χ3n) is 2.37. The summed E-state index contributed by atoms with van der Waals surface area (Å²) in [4.78, 5) is 21.7. The van der Waals surface area contributed by atoms with E-state index in [1.165, 1.54) is 0 Å². The van der Waals surface area contributed by atoms with Crippen LogP contribution in [0, 0.1) is 0 Å². The molecule has 0 aromatic heterocycles. The lowest BCUT2D eigenvalue weighted by Crippen LogP contribution is -2.27. The summed E-state index contributed by atoms with van der Waals surface area (Å²) < 4.78 is 9.63. The van der Waals surface area contributed by atoms with Gasteiger partial charge in [-0.05, 0) is 12.8 Å². The fraction of sp³-hybridized carbons (Fsp3) is 0.833. The van der Waals surface area contributed by atoms with E-state index >= 15 is 0 Å².